The number of anilines is 2. The monoisotopic (exact) mass is 421 g/mol. The van der Waals surface area contributed by atoms with Crippen molar-refractivity contribution in [3.05, 3.63) is 77.9 Å². The molecule has 0 saturated heterocycles. The molecule has 0 radical (unpaired) electrons. The lowest BCUT2D eigenvalue weighted by atomic mass is 10.1. The van der Waals surface area contributed by atoms with E-state index < -0.39 is 11.7 Å². The maximum absolute atomic E-state index is 13.7. The van der Waals surface area contributed by atoms with E-state index in [1.54, 1.807) is 63.3 Å². The Balaban J connectivity index is 1.58. The van der Waals surface area contributed by atoms with Crippen LogP contribution >= 0.6 is 0 Å². The van der Waals surface area contributed by atoms with Gasteiger partial charge in [0.1, 0.15) is 5.82 Å². The highest BCUT2D eigenvalue weighted by atomic mass is 19.4. The van der Waals surface area contributed by atoms with Gasteiger partial charge in [-0.2, -0.15) is 23.5 Å². The topological polar surface area (TPSA) is 75.6 Å². The van der Waals surface area contributed by atoms with Crippen molar-refractivity contribution in [2.75, 3.05) is 11.4 Å². The summed E-state index contributed by atoms with van der Waals surface area (Å²) in [6, 6.07) is 10.7. The van der Waals surface area contributed by atoms with E-state index in [2.05, 4.69) is 15.2 Å². The van der Waals surface area contributed by atoms with E-state index in [0.717, 1.165) is 17.3 Å². The second-order valence-corrected chi connectivity index (χ2v) is 6.94. The number of halogens is 3. The number of aromatic nitrogens is 5. The molecule has 0 saturated carbocycles. The van der Waals surface area contributed by atoms with E-state index >= 15 is 0 Å². The molecule has 0 spiro atoms. The summed E-state index contributed by atoms with van der Waals surface area (Å²) in [5.41, 5.74) is 0.627. The van der Waals surface area contributed by atoms with Gasteiger partial charge in [0.2, 0.25) is 0 Å². The highest BCUT2D eigenvalue weighted by Gasteiger charge is 2.37. The fourth-order valence-electron chi connectivity index (χ4n) is 3.77. The first-order valence-corrected chi connectivity index (χ1v) is 9.38. The molecule has 4 aromatic rings. The molecule has 7 nitrogen and oxygen atoms in total. The Hall–Kier alpha value is -4.13. The molecular weight excluding hydrogens is 407 g/mol. The quantitative estimate of drug-likeness (QED) is 0.499. The van der Waals surface area contributed by atoms with E-state index in [1.165, 1.54) is 12.1 Å². The van der Waals surface area contributed by atoms with Gasteiger partial charge in [-0.1, -0.05) is 0 Å². The molecule has 0 aliphatic carbocycles. The molecule has 154 valence electrons. The number of nitriles is 1. The molecule has 10 heteroatoms. The first-order chi connectivity index (χ1) is 15.0. The van der Waals surface area contributed by atoms with Gasteiger partial charge in [0.25, 0.3) is 0 Å². The van der Waals surface area contributed by atoms with Crippen molar-refractivity contribution in [2.45, 2.75) is 12.6 Å². The average Bonchev–Trinajstić information content (AvgIpc) is 3.52. The number of alkyl halides is 3. The maximum atomic E-state index is 13.7. The van der Waals surface area contributed by atoms with Crippen LogP contribution in [0.1, 0.15) is 16.7 Å². The van der Waals surface area contributed by atoms with Crippen LogP contribution in [-0.4, -0.2) is 31.1 Å². The third-order valence-corrected chi connectivity index (χ3v) is 5.13. The normalized spacial score (nSPS) is 13.3. The van der Waals surface area contributed by atoms with Gasteiger partial charge in [0, 0.05) is 43.0 Å². The van der Waals surface area contributed by atoms with Gasteiger partial charge in [-0.15, -0.1) is 5.10 Å². The minimum Gasteiger partial charge on any atom is -0.325 e. The molecule has 5 rings (SSSR count). The Morgan fingerprint density at radius 3 is 2.61 bits per heavy atom. The van der Waals surface area contributed by atoms with Crippen molar-refractivity contribution in [1.82, 2.24) is 24.5 Å². The van der Waals surface area contributed by atoms with Gasteiger partial charge in [-0.25, -0.2) is 14.3 Å². The standard InChI is InChI=1S/C21H14F3N7/c22-21(23,24)16-12-14(13-25)2-3-18(16)29-10-5-15-17(4-8-26-20(15)29)30-11-6-19(28-30)31-9-1-7-27-31/h1-4,6-9,11-12H,5,10H2. The molecule has 0 atom stereocenters. The fraction of sp³-hybridized carbons (Fsp3) is 0.143. The number of fused-ring (bicyclic) bond motifs is 1. The van der Waals surface area contributed by atoms with E-state index in [0.29, 0.717) is 24.6 Å². The zero-order valence-corrected chi connectivity index (χ0v) is 16.0. The lowest BCUT2D eigenvalue weighted by Gasteiger charge is -2.23. The number of benzene rings is 1. The van der Waals surface area contributed by atoms with Gasteiger partial charge in [-0.05, 0) is 36.8 Å². The number of nitrogens with zero attached hydrogens (tertiary/aromatic N) is 7. The average molecular weight is 421 g/mol. The van der Waals surface area contributed by atoms with Gasteiger partial charge in [0.15, 0.2) is 5.82 Å². The van der Waals surface area contributed by atoms with E-state index in [-0.39, 0.29) is 11.3 Å². The van der Waals surface area contributed by atoms with Crippen molar-refractivity contribution in [2.24, 2.45) is 0 Å². The van der Waals surface area contributed by atoms with Crippen LogP contribution in [-0.2, 0) is 12.6 Å². The smallest absolute Gasteiger partial charge is 0.325 e. The van der Waals surface area contributed by atoms with Crippen molar-refractivity contribution >= 4 is 11.5 Å². The molecule has 0 amide bonds. The van der Waals surface area contributed by atoms with Crippen LogP contribution in [0.5, 0.6) is 0 Å². The van der Waals surface area contributed by atoms with Crippen LogP contribution in [0, 0.1) is 11.3 Å². The Morgan fingerprint density at radius 1 is 1.00 bits per heavy atom. The lowest BCUT2D eigenvalue weighted by Crippen LogP contribution is -2.19. The zero-order valence-electron chi connectivity index (χ0n) is 16.0. The van der Waals surface area contributed by atoms with Crippen molar-refractivity contribution in [1.29, 1.82) is 5.26 Å². The first-order valence-electron chi connectivity index (χ1n) is 9.38. The largest absolute Gasteiger partial charge is 0.418 e. The third-order valence-electron chi connectivity index (χ3n) is 5.13. The summed E-state index contributed by atoms with van der Waals surface area (Å²) in [5.74, 6) is 1.07. The van der Waals surface area contributed by atoms with Crippen molar-refractivity contribution < 1.29 is 13.2 Å². The number of hydrogen-bond acceptors (Lipinski definition) is 5. The second-order valence-electron chi connectivity index (χ2n) is 6.94. The molecule has 31 heavy (non-hydrogen) atoms. The van der Waals surface area contributed by atoms with Crippen LogP contribution in [0.2, 0.25) is 0 Å². The molecule has 0 N–H and O–H groups in total. The Morgan fingerprint density at radius 2 is 1.87 bits per heavy atom. The summed E-state index contributed by atoms with van der Waals surface area (Å²) in [7, 11) is 0. The number of hydrogen-bond donors (Lipinski definition) is 0. The highest BCUT2D eigenvalue weighted by molar-refractivity contribution is 5.73. The minimum absolute atomic E-state index is 0.0207. The molecule has 4 heterocycles. The lowest BCUT2D eigenvalue weighted by molar-refractivity contribution is -0.137. The highest BCUT2D eigenvalue weighted by Crippen LogP contribution is 2.43. The molecule has 0 bridgehead atoms. The summed E-state index contributed by atoms with van der Waals surface area (Å²) in [6.45, 7) is 0.335. The molecule has 1 aliphatic heterocycles. The molecular formula is C21H14F3N7. The molecule has 1 aromatic carbocycles. The zero-order chi connectivity index (χ0) is 21.6. The van der Waals surface area contributed by atoms with Crippen LogP contribution < -0.4 is 4.90 Å². The molecule has 1 aliphatic rings. The second kappa shape index (κ2) is 6.98. The van der Waals surface area contributed by atoms with Crippen LogP contribution in [0.15, 0.2) is 61.2 Å². The Bertz CT molecular complexity index is 1300. The van der Waals surface area contributed by atoms with Crippen molar-refractivity contribution in [3.8, 4) is 17.6 Å². The van der Waals surface area contributed by atoms with Gasteiger partial charge < -0.3 is 4.90 Å². The summed E-state index contributed by atoms with van der Waals surface area (Å²) < 4.78 is 44.4. The van der Waals surface area contributed by atoms with Crippen LogP contribution in [0.3, 0.4) is 0 Å². The van der Waals surface area contributed by atoms with E-state index in [4.69, 9.17) is 5.26 Å². The third kappa shape index (κ3) is 3.20. The van der Waals surface area contributed by atoms with Crippen LogP contribution in [0.4, 0.5) is 24.7 Å². The number of rotatable bonds is 3. The Kier molecular flexibility index (Phi) is 4.25. The summed E-state index contributed by atoms with van der Waals surface area (Å²) in [6.07, 6.45) is 2.67. The van der Waals surface area contributed by atoms with Crippen LogP contribution in [0.25, 0.3) is 11.5 Å². The summed E-state index contributed by atoms with van der Waals surface area (Å²) in [4.78, 5) is 5.90. The maximum Gasteiger partial charge on any atom is 0.418 e. The predicted octanol–water partition coefficient (Wildman–Crippen LogP) is 4.04. The summed E-state index contributed by atoms with van der Waals surface area (Å²) in [5, 5.41) is 17.7. The number of pyridine rings is 1. The van der Waals surface area contributed by atoms with Gasteiger partial charge in [-0.3, -0.25) is 0 Å². The predicted molar refractivity (Wildman–Crippen MR) is 105 cm³/mol. The van der Waals surface area contributed by atoms with E-state index in [1.807, 2.05) is 0 Å². The summed E-state index contributed by atoms with van der Waals surface area (Å²) >= 11 is 0. The minimum atomic E-state index is -4.59. The van der Waals surface area contributed by atoms with Crippen molar-refractivity contribution in [3.63, 3.8) is 0 Å². The molecule has 3 aromatic heterocycles. The molecule has 0 fully saturated rings. The van der Waals surface area contributed by atoms with E-state index in [9.17, 15) is 13.2 Å². The SMILES string of the molecule is N#Cc1ccc(N2CCc3c(-n4ccc(-n5cccn5)n4)ccnc32)c(C(F)(F)F)c1. The van der Waals surface area contributed by atoms with Gasteiger partial charge in [0.05, 0.1) is 28.6 Å². The first kappa shape index (κ1) is 18.9. The molecule has 0 unspecified atom stereocenters. The fourth-order valence-corrected chi connectivity index (χ4v) is 3.77. The Labute approximate surface area is 174 Å². The van der Waals surface area contributed by atoms with Gasteiger partial charge >= 0.3 is 6.18 Å².